The molecule has 5 heteroatoms. The van der Waals surface area contributed by atoms with E-state index in [-0.39, 0.29) is 5.04 Å². The van der Waals surface area contributed by atoms with Crippen LogP contribution >= 0.6 is 15.9 Å². The molecule has 0 atom stereocenters. The Morgan fingerprint density at radius 3 is 2.70 bits per heavy atom. The molecule has 1 aromatic rings. The van der Waals surface area contributed by atoms with Gasteiger partial charge in [0, 0.05) is 36.9 Å². The van der Waals surface area contributed by atoms with Gasteiger partial charge in [-0.25, -0.2) is 0 Å². The fourth-order valence-corrected chi connectivity index (χ4v) is 3.52. The second kappa shape index (κ2) is 5.87. The van der Waals surface area contributed by atoms with Crippen molar-refractivity contribution < 1.29 is 4.43 Å². The van der Waals surface area contributed by atoms with E-state index in [0.717, 1.165) is 30.7 Å². The van der Waals surface area contributed by atoms with E-state index in [9.17, 15) is 0 Å². The summed E-state index contributed by atoms with van der Waals surface area (Å²) in [6, 6.07) is 2.18. The molecule has 1 aliphatic rings. The van der Waals surface area contributed by atoms with E-state index in [2.05, 4.69) is 65.7 Å². The van der Waals surface area contributed by atoms with Crippen molar-refractivity contribution in [3.63, 3.8) is 0 Å². The topological polar surface area (TPSA) is 25.4 Å². The Morgan fingerprint density at radius 2 is 2.05 bits per heavy atom. The van der Waals surface area contributed by atoms with Gasteiger partial charge >= 0.3 is 0 Å². The third kappa shape index (κ3) is 3.69. The molecule has 0 radical (unpaired) electrons. The molecule has 0 fully saturated rings. The Labute approximate surface area is 132 Å². The summed E-state index contributed by atoms with van der Waals surface area (Å²) >= 11 is 3.49. The highest BCUT2D eigenvalue weighted by Gasteiger charge is 2.37. The number of hydrogen-bond donors (Lipinski definition) is 0. The molecule has 20 heavy (non-hydrogen) atoms. The van der Waals surface area contributed by atoms with E-state index >= 15 is 0 Å². The van der Waals surface area contributed by atoms with Crippen molar-refractivity contribution in [1.82, 2.24) is 9.88 Å². The highest BCUT2D eigenvalue weighted by Crippen LogP contribution is 2.36. The summed E-state index contributed by atoms with van der Waals surface area (Å²) < 4.78 is 7.31. The van der Waals surface area contributed by atoms with Crippen LogP contribution in [0.1, 0.15) is 32.0 Å². The summed E-state index contributed by atoms with van der Waals surface area (Å²) in [6.07, 6.45) is 1.88. The van der Waals surface area contributed by atoms with Gasteiger partial charge in [-0.05, 0) is 45.7 Å². The molecule has 0 saturated carbocycles. The van der Waals surface area contributed by atoms with Gasteiger partial charge in [0.2, 0.25) is 0 Å². The third-order valence-electron chi connectivity index (χ3n) is 4.47. The largest absolute Gasteiger partial charge is 0.416 e. The number of pyridine rings is 1. The van der Waals surface area contributed by atoms with Crippen LogP contribution in [-0.2, 0) is 17.5 Å². The maximum atomic E-state index is 6.25. The van der Waals surface area contributed by atoms with Crippen molar-refractivity contribution in [2.75, 3.05) is 13.2 Å². The van der Waals surface area contributed by atoms with Crippen LogP contribution < -0.4 is 0 Å². The normalized spacial score (nSPS) is 16.5. The van der Waals surface area contributed by atoms with E-state index in [1.165, 1.54) is 11.3 Å². The summed E-state index contributed by atoms with van der Waals surface area (Å²) in [4.78, 5) is 6.90. The van der Waals surface area contributed by atoms with Gasteiger partial charge in [-0.3, -0.25) is 9.88 Å². The van der Waals surface area contributed by atoms with Crippen molar-refractivity contribution >= 4 is 24.2 Å². The van der Waals surface area contributed by atoms with Crippen molar-refractivity contribution in [3.8, 4) is 0 Å². The molecule has 0 aromatic carbocycles. The molecule has 0 saturated heterocycles. The molecular weight excluding hydrogens is 332 g/mol. The lowest BCUT2D eigenvalue weighted by molar-refractivity contribution is 0.199. The lowest BCUT2D eigenvalue weighted by Gasteiger charge is -2.36. The highest BCUT2D eigenvalue weighted by atomic mass is 79.9. The zero-order chi connectivity index (χ0) is 15.0. The van der Waals surface area contributed by atoms with Crippen LogP contribution in [0.5, 0.6) is 0 Å². The van der Waals surface area contributed by atoms with Gasteiger partial charge in [0.15, 0.2) is 8.32 Å². The summed E-state index contributed by atoms with van der Waals surface area (Å²) in [5, 5.41) is 0.285. The summed E-state index contributed by atoms with van der Waals surface area (Å²) in [7, 11) is -1.62. The molecule has 0 bridgehead atoms. The Morgan fingerprint density at radius 1 is 1.35 bits per heavy atom. The van der Waals surface area contributed by atoms with E-state index in [1.807, 2.05) is 6.20 Å². The van der Waals surface area contributed by atoms with Crippen LogP contribution in [0.15, 0.2) is 16.7 Å². The van der Waals surface area contributed by atoms with E-state index in [0.29, 0.717) is 0 Å². The highest BCUT2D eigenvalue weighted by molar-refractivity contribution is 9.10. The van der Waals surface area contributed by atoms with E-state index < -0.39 is 8.32 Å². The van der Waals surface area contributed by atoms with Gasteiger partial charge < -0.3 is 4.43 Å². The Kier molecular flexibility index (Phi) is 4.74. The molecule has 0 spiro atoms. The van der Waals surface area contributed by atoms with Crippen molar-refractivity contribution in [2.24, 2.45) is 0 Å². The lowest BCUT2D eigenvalue weighted by atomic mass is 10.2. The summed E-state index contributed by atoms with van der Waals surface area (Å²) in [6.45, 7) is 15.2. The molecule has 2 heterocycles. The molecule has 3 nitrogen and oxygen atoms in total. The lowest BCUT2D eigenvalue weighted by Crippen LogP contribution is -2.42. The Hall–Kier alpha value is -0.233. The second-order valence-electron chi connectivity index (χ2n) is 7.08. The van der Waals surface area contributed by atoms with E-state index in [1.54, 1.807) is 0 Å². The van der Waals surface area contributed by atoms with Gasteiger partial charge in [0.25, 0.3) is 0 Å². The molecule has 0 N–H and O–H groups in total. The number of fused-ring (bicyclic) bond motifs is 1. The predicted molar refractivity (Wildman–Crippen MR) is 89.2 cm³/mol. The molecular formula is C15H25BrN2OSi. The van der Waals surface area contributed by atoms with Gasteiger partial charge in [-0.15, -0.1) is 0 Å². The van der Waals surface area contributed by atoms with Gasteiger partial charge in [0.05, 0.1) is 5.69 Å². The number of aromatic nitrogens is 1. The average molecular weight is 357 g/mol. The SMILES string of the molecule is CC(C)(C)[Si](C)(C)OCCN1Cc2cc(Br)cnc2C1. The maximum Gasteiger partial charge on any atom is 0.192 e. The molecule has 0 aliphatic carbocycles. The number of nitrogens with zero attached hydrogens (tertiary/aromatic N) is 2. The van der Waals surface area contributed by atoms with Crippen molar-refractivity contribution in [3.05, 3.63) is 28.0 Å². The molecule has 0 unspecified atom stereocenters. The first kappa shape index (κ1) is 16.1. The fraction of sp³-hybridized carbons (Fsp3) is 0.667. The van der Waals surface area contributed by atoms with Gasteiger partial charge in [-0.1, -0.05) is 20.8 Å². The minimum Gasteiger partial charge on any atom is -0.416 e. The van der Waals surface area contributed by atoms with Crippen LogP contribution in [0, 0.1) is 0 Å². The quantitative estimate of drug-likeness (QED) is 0.756. The second-order valence-corrected chi connectivity index (χ2v) is 12.8. The molecule has 0 amide bonds. The maximum absolute atomic E-state index is 6.25. The smallest absolute Gasteiger partial charge is 0.192 e. The van der Waals surface area contributed by atoms with Crippen molar-refractivity contribution in [2.45, 2.75) is 52.0 Å². The first-order valence-corrected chi connectivity index (χ1v) is 10.9. The molecule has 1 aromatic heterocycles. The first-order valence-electron chi connectivity index (χ1n) is 7.19. The fourth-order valence-electron chi connectivity index (χ4n) is 2.10. The molecule has 1 aliphatic heterocycles. The summed E-state index contributed by atoms with van der Waals surface area (Å²) in [5.41, 5.74) is 2.55. The Bertz CT molecular complexity index is 485. The minimum absolute atomic E-state index is 0.285. The van der Waals surface area contributed by atoms with Crippen molar-refractivity contribution in [1.29, 1.82) is 0 Å². The van der Waals surface area contributed by atoms with Gasteiger partial charge in [-0.2, -0.15) is 0 Å². The van der Waals surface area contributed by atoms with Crippen LogP contribution in [0.25, 0.3) is 0 Å². The predicted octanol–water partition coefficient (Wildman–Crippen LogP) is 4.18. The zero-order valence-electron chi connectivity index (χ0n) is 13.2. The number of rotatable bonds is 4. The monoisotopic (exact) mass is 356 g/mol. The summed E-state index contributed by atoms with van der Waals surface area (Å²) in [5.74, 6) is 0. The third-order valence-corrected chi connectivity index (χ3v) is 9.44. The van der Waals surface area contributed by atoms with E-state index in [4.69, 9.17) is 4.43 Å². The average Bonchev–Trinajstić information content (AvgIpc) is 2.68. The van der Waals surface area contributed by atoms with Crippen LogP contribution in [0.3, 0.4) is 0 Å². The van der Waals surface area contributed by atoms with Crippen LogP contribution in [-0.4, -0.2) is 31.4 Å². The molecule has 112 valence electrons. The molecule has 2 rings (SSSR count). The standard InChI is InChI=1S/C15H25BrN2OSi/c1-15(2,3)20(4,5)19-7-6-18-10-12-8-13(16)9-17-14(12)11-18/h8-9H,6-7,10-11H2,1-5H3. The Balaban J connectivity index is 1.83. The zero-order valence-corrected chi connectivity index (χ0v) is 15.7. The van der Waals surface area contributed by atoms with Gasteiger partial charge in [0.1, 0.15) is 0 Å². The minimum atomic E-state index is -1.62. The number of halogens is 1. The first-order chi connectivity index (χ1) is 9.19. The van der Waals surface area contributed by atoms with Crippen LogP contribution in [0.2, 0.25) is 18.1 Å². The van der Waals surface area contributed by atoms with Crippen LogP contribution in [0.4, 0.5) is 0 Å². The number of hydrogen-bond acceptors (Lipinski definition) is 3.